The fraction of sp³-hybridized carbons (Fsp3) is 0.923. The number of likely N-dealkylation sites (tertiary alicyclic amines) is 1. The van der Waals surface area contributed by atoms with Gasteiger partial charge in [-0.05, 0) is 53.2 Å². The van der Waals surface area contributed by atoms with Crippen molar-refractivity contribution in [3.05, 3.63) is 0 Å². The zero-order valence-corrected chi connectivity index (χ0v) is 11.5. The Hall–Kier alpha value is -0.610. The summed E-state index contributed by atoms with van der Waals surface area (Å²) in [6.45, 7) is 6.62. The number of hydrogen-bond donors (Lipinski definition) is 2. The van der Waals surface area contributed by atoms with E-state index in [9.17, 15) is 4.79 Å². The van der Waals surface area contributed by atoms with E-state index in [1.165, 1.54) is 25.8 Å². The molecule has 1 unspecified atom stereocenters. The first-order valence-corrected chi connectivity index (χ1v) is 6.64. The standard InChI is InChI=1S/C13H27N3O/c1-13(2,12(14)17)10-15-8-7-11-6-4-5-9-16(11)3/h11,15H,4-10H2,1-3H3,(H2,14,17). The van der Waals surface area contributed by atoms with E-state index in [4.69, 9.17) is 5.73 Å². The number of carbonyl (C=O) groups excluding carboxylic acids is 1. The van der Waals surface area contributed by atoms with Crippen LogP contribution in [0.5, 0.6) is 0 Å². The van der Waals surface area contributed by atoms with Crippen LogP contribution in [0, 0.1) is 5.41 Å². The molecule has 1 heterocycles. The van der Waals surface area contributed by atoms with Gasteiger partial charge in [-0.1, -0.05) is 6.42 Å². The molecule has 1 fully saturated rings. The molecule has 4 heteroatoms. The lowest BCUT2D eigenvalue weighted by atomic mass is 9.92. The van der Waals surface area contributed by atoms with Gasteiger partial charge in [-0.2, -0.15) is 0 Å². The maximum atomic E-state index is 11.1. The molecular formula is C13H27N3O. The van der Waals surface area contributed by atoms with E-state index < -0.39 is 5.41 Å². The van der Waals surface area contributed by atoms with Crippen molar-refractivity contribution in [1.29, 1.82) is 0 Å². The zero-order valence-electron chi connectivity index (χ0n) is 11.5. The lowest BCUT2D eigenvalue weighted by molar-refractivity contribution is -0.125. The maximum absolute atomic E-state index is 11.1. The second-order valence-corrected chi connectivity index (χ2v) is 5.84. The Morgan fingerprint density at radius 1 is 1.47 bits per heavy atom. The highest BCUT2D eigenvalue weighted by atomic mass is 16.1. The third kappa shape index (κ3) is 4.64. The van der Waals surface area contributed by atoms with Crippen LogP contribution in [0.4, 0.5) is 0 Å². The van der Waals surface area contributed by atoms with Crippen LogP contribution in [-0.4, -0.2) is 43.5 Å². The summed E-state index contributed by atoms with van der Waals surface area (Å²) >= 11 is 0. The van der Waals surface area contributed by atoms with Crippen molar-refractivity contribution < 1.29 is 4.79 Å². The van der Waals surface area contributed by atoms with Gasteiger partial charge < -0.3 is 16.0 Å². The Bertz CT molecular complexity index is 253. The molecule has 3 N–H and O–H groups in total. The zero-order chi connectivity index (χ0) is 12.9. The van der Waals surface area contributed by atoms with Crippen LogP contribution in [0.25, 0.3) is 0 Å². The first-order chi connectivity index (χ1) is 7.93. The van der Waals surface area contributed by atoms with Gasteiger partial charge in [0.25, 0.3) is 0 Å². The summed E-state index contributed by atoms with van der Waals surface area (Å²) in [6, 6.07) is 0.702. The lowest BCUT2D eigenvalue weighted by Gasteiger charge is -2.32. The summed E-state index contributed by atoms with van der Waals surface area (Å²) in [6.07, 6.45) is 5.14. The minimum Gasteiger partial charge on any atom is -0.369 e. The maximum Gasteiger partial charge on any atom is 0.224 e. The van der Waals surface area contributed by atoms with E-state index >= 15 is 0 Å². The van der Waals surface area contributed by atoms with Gasteiger partial charge in [0.15, 0.2) is 0 Å². The van der Waals surface area contributed by atoms with Crippen LogP contribution < -0.4 is 11.1 Å². The highest BCUT2D eigenvalue weighted by molar-refractivity contribution is 5.80. The molecule has 0 radical (unpaired) electrons. The normalized spacial score (nSPS) is 22.6. The smallest absolute Gasteiger partial charge is 0.224 e. The van der Waals surface area contributed by atoms with Gasteiger partial charge in [-0.3, -0.25) is 4.79 Å². The van der Waals surface area contributed by atoms with Crippen LogP contribution in [0.1, 0.15) is 39.5 Å². The monoisotopic (exact) mass is 241 g/mol. The van der Waals surface area contributed by atoms with Crippen molar-refractivity contribution in [3.8, 4) is 0 Å². The van der Waals surface area contributed by atoms with Gasteiger partial charge >= 0.3 is 0 Å². The molecule has 0 aromatic heterocycles. The van der Waals surface area contributed by atoms with Gasteiger partial charge in [0.1, 0.15) is 0 Å². The average Bonchev–Trinajstić information content (AvgIpc) is 2.26. The van der Waals surface area contributed by atoms with Gasteiger partial charge in [-0.25, -0.2) is 0 Å². The van der Waals surface area contributed by atoms with Gasteiger partial charge in [0.2, 0.25) is 5.91 Å². The Morgan fingerprint density at radius 2 is 2.18 bits per heavy atom. The van der Waals surface area contributed by atoms with E-state index in [-0.39, 0.29) is 5.91 Å². The Labute approximate surface area is 105 Å². The second kappa shape index (κ2) is 6.36. The predicted molar refractivity (Wildman–Crippen MR) is 70.7 cm³/mol. The van der Waals surface area contributed by atoms with Gasteiger partial charge in [0.05, 0.1) is 5.41 Å². The molecule has 1 saturated heterocycles. The average molecular weight is 241 g/mol. The van der Waals surface area contributed by atoms with Gasteiger partial charge in [-0.15, -0.1) is 0 Å². The molecule has 1 aliphatic rings. The minimum atomic E-state index is -0.446. The predicted octanol–water partition coefficient (Wildman–Crippen LogP) is 0.962. The molecular weight excluding hydrogens is 214 g/mol. The van der Waals surface area contributed by atoms with E-state index in [0.29, 0.717) is 12.6 Å². The van der Waals surface area contributed by atoms with Crippen molar-refractivity contribution in [2.45, 2.75) is 45.6 Å². The summed E-state index contributed by atoms with van der Waals surface area (Å²) in [5, 5.41) is 3.35. The van der Waals surface area contributed by atoms with Crippen molar-refractivity contribution in [3.63, 3.8) is 0 Å². The van der Waals surface area contributed by atoms with E-state index in [0.717, 1.165) is 13.0 Å². The highest BCUT2D eigenvalue weighted by Crippen LogP contribution is 2.17. The Kier molecular flexibility index (Phi) is 5.40. The minimum absolute atomic E-state index is 0.236. The van der Waals surface area contributed by atoms with Crippen LogP contribution in [0.3, 0.4) is 0 Å². The summed E-state index contributed by atoms with van der Waals surface area (Å²) in [7, 11) is 2.21. The fourth-order valence-electron chi connectivity index (χ4n) is 2.27. The van der Waals surface area contributed by atoms with Crippen molar-refractivity contribution in [2.24, 2.45) is 11.1 Å². The number of primary amides is 1. The molecule has 0 aromatic carbocycles. The summed E-state index contributed by atoms with van der Waals surface area (Å²) < 4.78 is 0. The van der Waals surface area contributed by atoms with Crippen LogP contribution in [0.15, 0.2) is 0 Å². The molecule has 100 valence electrons. The van der Waals surface area contributed by atoms with Crippen molar-refractivity contribution in [1.82, 2.24) is 10.2 Å². The fourth-order valence-corrected chi connectivity index (χ4v) is 2.27. The quantitative estimate of drug-likeness (QED) is 0.681. The third-order valence-electron chi connectivity index (χ3n) is 3.81. The number of amides is 1. The number of rotatable bonds is 6. The number of nitrogens with zero attached hydrogens (tertiary/aromatic N) is 1. The molecule has 0 bridgehead atoms. The molecule has 1 rings (SSSR count). The largest absolute Gasteiger partial charge is 0.369 e. The molecule has 0 saturated carbocycles. The SMILES string of the molecule is CN1CCCCC1CCNCC(C)(C)C(N)=O. The molecule has 1 atom stereocenters. The topological polar surface area (TPSA) is 58.4 Å². The molecule has 17 heavy (non-hydrogen) atoms. The Balaban J connectivity index is 2.17. The molecule has 0 aliphatic carbocycles. The first-order valence-electron chi connectivity index (χ1n) is 6.64. The molecule has 0 spiro atoms. The van der Waals surface area contributed by atoms with E-state index in [1.807, 2.05) is 13.8 Å². The van der Waals surface area contributed by atoms with Crippen LogP contribution in [0.2, 0.25) is 0 Å². The number of carbonyl (C=O) groups is 1. The van der Waals surface area contributed by atoms with Crippen molar-refractivity contribution in [2.75, 3.05) is 26.7 Å². The Morgan fingerprint density at radius 3 is 2.76 bits per heavy atom. The molecule has 0 aromatic rings. The summed E-state index contributed by atoms with van der Waals surface area (Å²) in [5.74, 6) is -0.236. The van der Waals surface area contributed by atoms with Gasteiger partial charge in [0, 0.05) is 12.6 Å². The molecule has 1 aliphatic heterocycles. The molecule has 1 amide bonds. The molecule has 4 nitrogen and oxygen atoms in total. The first kappa shape index (κ1) is 14.5. The highest BCUT2D eigenvalue weighted by Gasteiger charge is 2.24. The number of nitrogens with two attached hydrogens (primary N) is 1. The summed E-state index contributed by atoms with van der Waals surface area (Å²) in [5.41, 5.74) is 4.88. The number of hydrogen-bond acceptors (Lipinski definition) is 3. The number of piperidine rings is 1. The van der Waals surface area contributed by atoms with Crippen molar-refractivity contribution >= 4 is 5.91 Å². The lowest BCUT2D eigenvalue weighted by Crippen LogP contribution is -2.42. The van der Waals surface area contributed by atoms with Crippen LogP contribution in [-0.2, 0) is 4.79 Å². The second-order valence-electron chi connectivity index (χ2n) is 5.84. The van der Waals surface area contributed by atoms with E-state index in [2.05, 4.69) is 17.3 Å². The summed E-state index contributed by atoms with van der Waals surface area (Å²) in [4.78, 5) is 13.6. The van der Waals surface area contributed by atoms with E-state index in [1.54, 1.807) is 0 Å². The number of nitrogens with one attached hydrogen (secondary N) is 1. The van der Waals surface area contributed by atoms with Crippen LogP contribution >= 0.6 is 0 Å². The third-order valence-corrected chi connectivity index (χ3v) is 3.81.